The Kier molecular flexibility index (Phi) is 4.82. The SMILES string of the molecule is CCc1ccc(CN2CCNC(CC)(CC)C2)s1. The summed E-state index contributed by atoms with van der Waals surface area (Å²) in [6.45, 7) is 11.5. The highest BCUT2D eigenvalue weighted by atomic mass is 32.1. The number of hydrogen-bond donors (Lipinski definition) is 1. The Balaban J connectivity index is 1.97. The highest BCUT2D eigenvalue weighted by Crippen LogP contribution is 2.24. The first-order chi connectivity index (χ1) is 8.71. The van der Waals surface area contributed by atoms with Gasteiger partial charge in [0, 0.05) is 41.5 Å². The second-order valence-electron chi connectivity index (χ2n) is 5.35. The van der Waals surface area contributed by atoms with Crippen molar-refractivity contribution >= 4 is 11.3 Å². The Morgan fingerprint density at radius 2 is 1.94 bits per heavy atom. The standard InChI is InChI=1S/C15H26N2S/c1-4-13-7-8-14(18-13)11-17-10-9-16-15(5-2,6-3)12-17/h7-8,16H,4-6,9-12H2,1-3H3. The van der Waals surface area contributed by atoms with Crippen molar-refractivity contribution in [3.8, 4) is 0 Å². The zero-order chi connectivity index (χ0) is 13.0. The van der Waals surface area contributed by atoms with Crippen LogP contribution in [0.2, 0.25) is 0 Å². The minimum atomic E-state index is 0.350. The average Bonchev–Trinajstić information content (AvgIpc) is 2.86. The van der Waals surface area contributed by atoms with Crippen LogP contribution in [0, 0.1) is 0 Å². The van der Waals surface area contributed by atoms with E-state index in [9.17, 15) is 0 Å². The third-order valence-electron chi connectivity index (χ3n) is 4.25. The van der Waals surface area contributed by atoms with Crippen molar-refractivity contribution in [3.05, 3.63) is 21.9 Å². The second kappa shape index (κ2) is 6.18. The van der Waals surface area contributed by atoms with E-state index in [-0.39, 0.29) is 0 Å². The Morgan fingerprint density at radius 1 is 1.22 bits per heavy atom. The fraction of sp³-hybridized carbons (Fsp3) is 0.733. The van der Waals surface area contributed by atoms with Gasteiger partial charge in [-0.2, -0.15) is 0 Å². The maximum absolute atomic E-state index is 3.73. The van der Waals surface area contributed by atoms with Gasteiger partial charge in [-0.25, -0.2) is 0 Å². The maximum atomic E-state index is 3.73. The van der Waals surface area contributed by atoms with Crippen molar-refractivity contribution < 1.29 is 0 Å². The molecule has 0 spiro atoms. The van der Waals surface area contributed by atoms with Crippen molar-refractivity contribution in [1.29, 1.82) is 0 Å². The van der Waals surface area contributed by atoms with Crippen LogP contribution in [0.25, 0.3) is 0 Å². The van der Waals surface area contributed by atoms with Gasteiger partial charge in [0.25, 0.3) is 0 Å². The molecule has 102 valence electrons. The Bertz CT molecular complexity index is 368. The maximum Gasteiger partial charge on any atom is 0.0329 e. The van der Waals surface area contributed by atoms with Crippen LogP contribution < -0.4 is 5.32 Å². The average molecular weight is 266 g/mol. The van der Waals surface area contributed by atoms with Crippen LogP contribution >= 0.6 is 11.3 Å². The van der Waals surface area contributed by atoms with Gasteiger partial charge < -0.3 is 5.32 Å². The second-order valence-corrected chi connectivity index (χ2v) is 6.60. The summed E-state index contributed by atoms with van der Waals surface area (Å²) in [6, 6.07) is 4.60. The molecule has 0 aliphatic carbocycles. The molecule has 1 aliphatic heterocycles. The van der Waals surface area contributed by atoms with E-state index >= 15 is 0 Å². The molecule has 0 atom stereocenters. The molecule has 2 heterocycles. The summed E-state index contributed by atoms with van der Waals surface area (Å²) in [5, 5.41) is 3.73. The van der Waals surface area contributed by atoms with Gasteiger partial charge in [-0.3, -0.25) is 4.90 Å². The van der Waals surface area contributed by atoms with Crippen molar-refractivity contribution in [1.82, 2.24) is 10.2 Å². The first-order valence-corrected chi connectivity index (χ1v) is 8.08. The lowest BCUT2D eigenvalue weighted by Crippen LogP contribution is -2.59. The molecule has 0 radical (unpaired) electrons. The molecule has 2 rings (SSSR count). The molecule has 0 saturated carbocycles. The molecular weight excluding hydrogens is 240 g/mol. The Morgan fingerprint density at radius 3 is 2.56 bits per heavy atom. The minimum absolute atomic E-state index is 0.350. The molecular formula is C15H26N2S. The molecule has 0 bridgehead atoms. The van der Waals surface area contributed by atoms with Crippen LogP contribution in [-0.2, 0) is 13.0 Å². The van der Waals surface area contributed by atoms with Crippen molar-refractivity contribution in [2.24, 2.45) is 0 Å². The van der Waals surface area contributed by atoms with Gasteiger partial charge in [-0.15, -0.1) is 11.3 Å². The summed E-state index contributed by atoms with van der Waals surface area (Å²) in [4.78, 5) is 5.65. The van der Waals surface area contributed by atoms with E-state index in [1.54, 1.807) is 0 Å². The van der Waals surface area contributed by atoms with E-state index < -0.39 is 0 Å². The molecule has 18 heavy (non-hydrogen) atoms. The van der Waals surface area contributed by atoms with E-state index in [0.717, 1.165) is 13.1 Å². The van der Waals surface area contributed by atoms with Gasteiger partial charge >= 0.3 is 0 Å². The van der Waals surface area contributed by atoms with Crippen LogP contribution in [0.4, 0.5) is 0 Å². The highest BCUT2D eigenvalue weighted by molar-refractivity contribution is 7.11. The molecule has 0 unspecified atom stereocenters. The molecule has 1 saturated heterocycles. The fourth-order valence-corrected chi connectivity index (χ4v) is 3.82. The lowest BCUT2D eigenvalue weighted by molar-refractivity contribution is 0.119. The molecule has 1 fully saturated rings. The number of aryl methyl sites for hydroxylation is 1. The number of piperazine rings is 1. The summed E-state index contributed by atoms with van der Waals surface area (Å²) in [5.74, 6) is 0. The first kappa shape index (κ1) is 14.0. The lowest BCUT2D eigenvalue weighted by atomic mass is 9.90. The van der Waals surface area contributed by atoms with Gasteiger partial charge in [0.05, 0.1) is 0 Å². The van der Waals surface area contributed by atoms with Gasteiger partial charge in [-0.1, -0.05) is 20.8 Å². The van der Waals surface area contributed by atoms with Gasteiger partial charge in [-0.05, 0) is 31.4 Å². The number of hydrogen-bond acceptors (Lipinski definition) is 3. The van der Waals surface area contributed by atoms with Gasteiger partial charge in [0.1, 0.15) is 0 Å². The molecule has 0 aromatic carbocycles. The zero-order valence-electron chi connectivity index (χ0n) is 12.0. The number of thiophene rings is 1. The molecule has 1 aliphatic rings. The Hall–Kier alpha value is -0.380. The summed E-state index contributed by atoms with van der Waals surface area (Å²) < 4.78 is 0. The quantitative estimate of drug-likeness (QED) is 0.880. The summed E-state index contributed by atoms with van der Waals surface area (Å²) in [5.41, 5.74) is 0.350. The molecule has 3 heteroatoms. The first-order valence-electron chi connectivity index (χ1n) is 7.26. The predicted octanol–water partition coefficient (Wildman–Crippen LogP) is 3.27. The highest BCUT2D eigenvalue weighted by Gasteiger charge is 2.31. The van der Waals surface area contributed by atoms with Crippen LogP contribution in [0.5, 0.6) is 0 Å². The fourth-order valence-electron chi connectivity index (χ4n) is 2.82. The molecule has 2 nitrogen and oxygen atoms in total. The van der Waals surface area contributed by atoms with E-state index in [1.807, 2.05) is 11.3 Å². The monoisotopic (exact) mass is 266 g/mol. The van der Waals surface area contributed by atoms with E-state index in [1.165, 1.54) is 42.1 Å². The number of nitrogens with zero attached hydrogens (tertiary/aromatic N) is 1. The number of nitrogens with one attached hydrogen (secondary N) is 1. The summed E-state index contributed by atoms with van der Waals surface area (Å²) in [6.07, 6.45) is 3.62. The largest absolute Gasteiger partial charge is 0.309 e. The van der Waals surface area contributed by atoms with Crippen molar-refractivity contribution in [2.75, 3.05) is 19.6 Å². The van der Waals surface area contributed by atoms with Crippen molar-refractivity contribution in [2.45, 2.75) is 52.1 Å². The van der Waals surface area contributed by atoms with E-state index in [4.69, 9.17) is 0 Å². The van der Waals surface area contributed by atoms with Crippen LogP contribution in [0.1, 0.15) is 43.4 Å². The molecule has 1 N–H and O–H groups in total. The molecule has 1 aromatic heterocycles. The van der Waals surface area contributed by atoms with Crippen LogP contribution in [0.3, 0.4) is 0 Å². The summed E-state index contributed by atoms with van der Waals surface area (Å²) in [7, 11) is 0. The minimum Gasteiger partial charge on any atom is -0.309 e. The van der Waals surface area contributed by atoms with E-state index in [2.05, 4.69) is 43.1 Å². The van der Waals surface area contributed by atoms with Gasteiger partial charge in [0.15, 0.2) is 0 Å². The normalized spacial score (nSPS) is 20.2. The smallest absolute Gasteiger partial charge is 0.0329 e. The Labute approximate surface area is 115 Å². The van der Waals surface area contributed by atoms with Crippen LogP contribution in [0.15, 0.2) is 12.1 Å². The third kappa shape index (κ3) is 3.14. The van der Waals surface area contributed by atoms with Crippen LogP contribution in [-0.4, -0.2) is 30.1 Å². The zero-order valence-corrected chi connectivity index (χ0v) is 12.8. The lowest BCUT2D eigenvalue weighted by Gasteiger charge is -2.43. The topological polar surface area (TPSA) is 15.3 Å². The summed E-state index contributed by atoms with van der Waals surface area (Å²) >= 11 is 1.98. The van der Waals surface area contributed by atoms with Gasteiger partial charge in [0.2, 0.25) is 0 Å². The molecule has 0 amide bonds. The number of rotatable bonds is 5. The predicted molar refractivity (Wildman–Crippen MR) is 80.3 cm³/mol. The van der Waals surface area contributed by atoms with Crippen molar-refractivity contribution in [3.63, 3.8) is 0 Å². The van der Waals surface area contributed by atoms with E-state index in [0.29, 0.717) is 5.54 Å². The third-order valence-corrected chi connectivity index (χ3v) is 5.47. The molecule has 1 aromatic rings.